The number of nitrogens with zero attached hydrogens (tertiary/aromatic N) is 4. The molecule has 0 N–H and O–H groups in total. The zero-order valence-corrected chi connectivity index (χ0v) is 20.2. The quantitative estimate of drug-likeness (QED) is 0.403. The molecule has 4 heterocycles. The number of para-hydroxylation sites is 1. The molecule has 9 heteroatoms. The Bertz CT molecular complexity index is 1660. The maximum Gasteiger partial charge on any atom is 0.338 e. The van der Waals surface area contributed by atoms with E-state index in [9.17, 15) is 14.9 Å². The minimum atomic E-state index is -0.586. The normalized spacial score (nSPS) is 15.8. The maximum absolute atomic E-state index is 13.7. The molecule has 5 rings (SSSR count). The van der Waals surface area contributed by atoms with Gasteiger partial charge >= 0.3 is 5.97 Å². The first kappa shape index (κ1) is 22.1. The number of nitriles is 1. The van der Waals surface area contributed by atoms with E-state index in [-0.39, 0.29) is 18.7 Å². The molecule has 170 valence electrons. The number of aromatic nitrogens is 2. The van der Waals surface area contributed by atoms with E-state index in [2.05, 4.69) is 11.1 Å². The lowest BCUT2D eigenvalue weighted by Gasteiger charge is -2.23. The predicted molar refractivity (Wildman–Crippen MR) is 132 cm³/mol. The molecule has 1 aliphatic rings. The standard InChI is InChI=1S/C25H20N4O3S2/c1-3-32-24(31)21-15(2)27-25-29(22(21)19-9-6-12-33-19)23(30)20(34-25)13-16-14-28(11-10-26)18-8-5-4-7-17(16)18/h4-9,12-14,22H,3,11H2,1-2H3. The second-order valence-corrected chi connectivity index (χ2v) is 9.69. The van der Waals surface area contributed by atoms with Crippen molar-refractivity contribution in [3.63, 3.8) is 0 Å². The second kappa shape index (κ2) is 8.89. The van der Waals surface area contributed by atoms with Crippen molar-refractivity contribution in [2.24, 2.45) is 4.99 Å². The van der Waals surface area contributed by atoms with Gasteiger partial charge in [-0.3, -0.25) is 9.36 Å². The third-order valence-electron chi connectivity index (χ3n) is 5.68. The summed E-state index contributed by atoms with van der Waals surface area (Å²) in [7, 11) is 0. The number of benzene rings is 1. The minimum absolute atomic E-state index is 0.214. The van der Waals surface area contributed by atoms with E-state index in [1.165, 1.54) is 22.7 Å². The van der Waals surface area contributed by atoms with Crippen LogP contribution in [-0.4, -0.2) is 21.7 Å². The van der Waals surface area contributed by atoms with Gasteiger partial charge in [0.15, 0.2) is 4.80 Å². The SMILES string of the molecule is CCOC(=O)C1=C(C)N=c2sc(=Cc3cn(CC#N)c4ccccc34)c(=O)n2C1c1cccs1. The highest BCUT2D eigenvalue weighted by atomic mass is 32.1. The van der Waals surface area contributed by atoms with Gasteiger partial charge in [-0.05, 0) is 37.4 Å². The van der Waals surface area contributed by atoms with Crippen LogP contribution in [0.25, 0.3) is 17.0 Å². The van der Waals surface area contributed by atoms with Crippen molar-refractivity contribution in [1.82, 2.24) is 9.13 Å². The van der Waals surface area contributed by atoms with Crippen LogP contribution in [0.4, 0.5) is 0 Å². The van der Waals surface area contributed by atoms with Gasteiger partial charge < -0.3 is 9.30 Å². The summed E-state index contributed by atoms with van der Waals surface area (Å²) in [5.74, 6) is -0.462. The van der Waals surface area contributed by atoms with Crippen LogP contribution >= 0.6 is 22.7 Å². The fraction of sp³-hybridized carbons (Fsp3) is 0.200. The third-order valence-corrected chi connectivity index (χ3v) is 7.58. The second-order valence-electron chi connectivity index (χ2n) is 7.71. The largest absolute Gasteiger partial charge is 0.463 e. The lowest BCUT2D eigenvalue weighted by Crippen LogP contribution is -2.39. The number of rotatable bonds is 5. The fourth-order valence-electron chi connectivity index (χ4n) is 4.25. The molecular weight excluding hydrogens is 468 g/mol. The average Bonchev–Trinajstić information content (AvgIpc) is 3.54. The molecular formula is C25H20N4O3S2. The van der Waals surface area contributed by atoms with Gasteiger partial charge in [0.2, 0.25) is 0 Å². The van der Waals surface area contributed by atoms with E-state index < -0.39 is 12.0 Å². The van der Waals surface area contributed by atoms with E-state index in [1.54, 1.807) is 18.4 Å². The summed E-state index contributed by atoms with van der Waals surface area (Å²) < 4.78 is 9.29. The number of carbonyl (C=O) groups excluding carboxylic acids is 1. The van der Waals surface area contributed by atoms with Gasteiger partial charge in [0.25, 0.3) is 5.56 Å². The molecule has 0 amide bonds. The summed E-state index contributed by atoms with van der Waals surface area (Å²) in [6, 6.07) is 13.2. The highest BCUT2D eigenvalue weighted by Crippen LogP contribution is 2.33. The van der Waals surface area contributed by atoms with Gasteiger partial charge in [0, 0.05) is 27.5 Å². The molecule has 0 radical (unpaired) electrons. The number of allylic oxidation sites excluding steroid dienone is 1. The Morgan fingerprint density at radius 2 is 2.12 bits per heavy atom. The van der Waals surface area contributed by atoms with Crippen LogP contribution in [0.3, 0.4) is 0 Å². The van der Waals surface area contributed by atoms with Crippen LogP contribution in [0.2, 0.25) is 0 Å². The molecule has 0 bridgehead atoms. The molecule has 0 saturated heterocycles. The smallest absolute Gasteiger partial charge is 0.338 e. The average molecular weight is 489 g/mol. The number of thiophene rings is 1. The van der Waals surface area contributed by atoms with Gasteiger partial charge in [-0.1, -0.05) is 35.6 Å². The first-order valence-corrected chi connectivity index (χ1v) is 12.4. The molecule has 0 saturated carbocycles. The summed E-state index contributed by atoms with van der Waals surface area (Å²) in [5, 5.41) is 12.1. The fourth-order valence-corrected chi connectivity index (χ4v) is 6.11. The highest BCUT2D eigenvalue weighted by molar-refractivity contribution is 7.10. The summed E-state index contributed by atoms with van der Waals surface area (Å²) in [6.07, 6.45) is 3.73. The van der Waals surface area contributed by atoms with Crippen LogP contribution in [0, 0.1) is 11.3 Å². The predicted octanol–water partition coefficient (Wildman–Crippen LogP) is 3.34. The number of fused-ring (bicyclic) bond motifs is 2. The summed E-state index contributed by atoms with van der Waals surface area (Å²) in [4.78, 5) is 32.6. The molecule has 0 aliphatic carbocycles. The zero-order valence-electron chi connectivity index (χ0n) is 18.5. The Kier molecular flexibility index (Phi) is 5.77. The number of ether oxygens (including phenoxy) is 1. The van der Waals surface area contributed by atoms with Crippen molar-refractivity contribution in [2.75, 3.05) is 6.61 Å². The van der Waals surface area contributed by atoms with Crippen molar-refractivity contribution in [3.05, 3.63) is 89.4 Å². The summed E-state index contributed by atoms with van der Waals surface area (Å²) >= 11 is 2.78. The first-order chi connectivity index (χ1) is 16.5. The Labute approximate surface area is 202 Å². The van der Waals surface area contributed by atoms with Crippen molar-refractivity contribution in [2.45, 2.75) is 26.4 Å². The van der Waals surface area contributed by atoms with E-state index in [1.807, 2.05) is 58.6 Å². The first-order valence-electron chi connectivity index (χ1n) is 10.7. The molecule has 7 nitrogen and oxygen atoms in total. The van der Waals surface area contributed by atoms with Gasteiger partial charge in [0.05, 0.1) is 28.5 Å². The van der Waals surface area contributed by atoms with Gasteiger partial charge in [-0.25, -0.2) is 9.79 Å². The summed E-state index contributed by atoms with van der Waals surface area (Å²) in [5.41, 5.74) is 2.50. The van der Waals surface area contributed by atoms with Gasteiger partial charge in [0.1, 0.15) is 12.6 Å². The lowest BCUT2D eigenvalue weighted by molar-refractivity contribution is -0.139. The minimum Gasteiger partial charge on any atom is -0.463 e. The Morgan fingerprint density at radius 1 is 1.29 bits per heavy atom. The Balaban J connectivity index is 1.73. The molecule has 0 spiro atoms. The topological polar surface area (TPSA) is 89.4 Å². The van der Waals surface area contributed by atoms with E-state index in [0.717, 1.165) is 21.3 Å². The van der Waals surface area contributed by atoms with E-state index in [4.69, 9.17) is 4.74 Å². The Morgan fingerprint density at radius 3 is 2.85 bits per heavy atom. The highest BCUT2D eigenvalue weighted by Gasteiger charge is 2.33. The van der Waals surface area contributed by atoms with Crippen LogP contribution in [0.1, 0.15) is 30.3 Å². The van der Waals surface area contributed by atoms with Crippen LogP contribution in [0.15, 0.2) is 69.0 Å². The Hall–Kier alpha value is -3.74. The van der Waals surface area contributed by atoms with E-state index >= 15 is 0 Å². The molecule has 34 heavy (non-hydrogen) atoms. The number of esters is 1. The number of hydrogen-bond acceptors (Lipinski definition) is 7. The van der Waals surface area contributed by atoms with Crippen molar-refractivity contribution >= 4 is 45.6 Å². The molecule has 1 aromatic carbocycles. The molecule has 0 fully saturated rings. The maximum atomic E-state index is 13.7. The van der Waals surface area contributed by atoms with Crippen molar-refractivity contribution < 1.29 is 9.53 Å². The number of hydrogen-bond donors (Lipinski definition) is 0. The molecule has 1 atom stereocenters. The molecule has 4 aromatic rings. The van der Waals surface area contributed by atoms with Gasteiger partial charge in [-0.2, -0.15) is 5.26 Å². The van der Waals surface area contributed by atoms with Crippen molar-refractivity contribution in [3.8, 4) is 6.07 Å². The monoisotopic (exact) mass is 488 g/mol. The molecule has 1 unspecified atom stereocenters. The molecule has 3 aromatic heterocycles. The van der Waals surface area contributed by atoms with Crippen molar-refractivity contribution in [1.29, 1.82) is 5.26 Å². The van der Waals surface area contributed by atoms with E-state index in [0.29, 0.717) is 20.6 Å². The third kappa shape index (κ3) is 3.61. The zero-order chi connectivity index (χ0) is 23.8. The number of thiazole rings is 1. The van der Waals surface area contributed by atoms with Gasteiger partial charge in [-0.15, -0.1) is 11.3 Å². The lowest BCUT2D eigenvalue weighted by atomic mass is 10.0. The van der Waals surface area contributed by atoms with Crippen LogP contribution in [-0.2, 0) is 16.1 Å². The van der Waals surface area contributed by atoms with Crippen LogP contribution in [0.5, 0.6) is 0 Å². The number of carbonyl (C=O) groups is 1. The van der Waals surface area contributed by atoms with Crippen LogP contribution < -0.4 is 14.9 Å². The summed E-state index contributed by atoms with van der Waals surface area (Å²) in [6.45, 7) is 3.99. The molecule has 1 aliphatic heterocycles.